The number of carbonyl (C=O) groups is 1. The largest absolute Gasteiger partial charge is 0.494 e. The number of nitrogens with one attached hydrogen (secondary N) is 1. The minimum atomic E-state index is -4.93. The number of benzene rings is 1. The van der Waals surface area contributed by atoms with Gasteiger partial charge in [-0.3, -0.25) is 4.79 Å². The molecule has 0 aliphatic heterocycles. The maximum absolute atomic E-state index is 12.8. The number of aromatic amines is 1. The summed E-state index contributed by atoms with van der Waals surface area (Å²) < 4.78 is 49.2. The number of hydrogen-bond donors (Lipinski definition) is 2. The summed E-state index contributed by atoms with van der Waals surface area (Å²) in [5, 5.41) is 8.54. The van der Waals surface area contributed by atoms with E-state index in [1.54, 1.807) is 11.9 Å². The van der Waals surface area contributed by atoms with Crippen LogP contribution in [0.25, 0.3) is 5.69 Å². The highest BCUT2D eigenvalue weighted by Gasteiger charge is 2.33. The van der Waals surface area contributed by atoms with Crippen molar-refractivity contribution in [1.82, 2.24) is 9.55 Å². The van der Waals surface area contributed by atoms with Crippen LogP contribution >= 0.6 is 23.2 Å². The minimum absolute atomic E-state index is 0.0536. The molecule has 0 aliphatic carbocycles. The number of H-pyrrole nitrogens is 1. The van der Waals surface area contributed by atoms with Crippen molar-refractivity contribution in [3.63, 3.8) is 0 Å². The van der Waals surface area contributed by atoms with Gasteiger partial charge >= 0.3 is 17.8 Å². The molecule has 1 aromatic carbocycles. The van der Waals surface area contributed by atoms with Gasteiger partial charge in [-0.2, -0.15) is 13.2 Å². The summed E-state index contributed by atoms with van der Waals surface area (Å²) >= 11 is 12.0. The zero-order valence-electron chi connectivity index (χ0n) is 15.0. The number of hydrogen-bond acceptors (Lipinski definition) is 5. The molecule has 0 atom stereocenters. The van der Waals surface area contributed by atoms with Gasteiger partial charge in [-0.25, -0.2) is 14.2 Å². The Morgan fingerprint density at radius 2 is 1.90 bits per heavy atom. The molecule has 0 saturated heterocycles. The van der Waals surface area contributed by atoms with Crippen LogP contribution in [0.1, 0.15) is 12.6 Å². The average molecular weight is 469 g/mol. The van der Waals surface area contributed by atoms with Crippen LogP contribution < -0.4 is 16.0 Å². The molecule has 13 heteroatoms. The molecule has 0 radical (unpaired) electrons. The van der Waals surface area contributed by atoms with Crippen LogP contribution in [0.2, 0.25) is 10.0 Å². The number of aromatic nitrogens is 2. The fraction of sp³-hybridized carbons (Fsp3) is 0.235. The fourth-order valence-electron chi connectivity index (χ4n) is 2.27. The van der Waals surface area contributed by atoms with Crippen molar-refractivity contribution in [2.45, 2.75) is 13.1 Å². The van der Waals surface area contributed by atoms with Crippen LogP contribution in [0.4, 0.5) is 13.2 Å². The van der Waals surface area contributed by atoms with Gasteiger partial charge in [0.2, 0.25) is 0 Å². The summed E-state index contributed by atoms with van der Waals surface area (Å²) in [5.74, 6) is -1.46. The standard InChI is InChI=1S/C17H13Cl2F3N2O6/c1-2-29-8(3-15(26)27)7-30-12-5-11(9(18)4-10(12)19)24-14(25)6-13(17(20,21)22)23-16(24)28/h3-6H,2,7H2,1H3,(H,23,28)(H,26,27)/b8-3+. The molecule has 2 N–H and O–H groups in total. The number of rotatable bonds is 7. The Balaban J connectivity index is 2.49. The van der Waals surface area contributed by atoms with Crippen molar-refractivity contribution in [3.05, 3.63) is 66.6 Å². The number of nitrogens with zero attached hydrogens (tertiary/aromatic N) is 1. The van der Waals surface area contributed by atoms with E-state index in [4.69, 9.17) is 37.8 Å². The number of halogens is 5. The monoisotopic (exact) mass is 468 g/mol. The van der Waals surface area contributed by atoms with Gasteiger partial charge in [0.1, 0.15) is 23.8 Å². The zero-order chi connectivity index (χ0) is 22.6. The van der Waals surface area contributed by atoms with Gasteiger partial charge in [-0.15, -0.1) is 0 Å². The Kier molecular flexibility index (Phi) is 7.21. The molecule has 2 aromatic rings. The highest BCUT2D eigenvalue weighted by atomic mass is 35.5. The lowest BCUT2D eigenvalue weighted by molar-refractivity contribution is -0.141. The molecule has 30 heavy (non-hydrogen) atoms. The van der Waals surface area contributed by atoms with Gasteiger partial charge in [0, 0.05) is 12.1 Å². The lowest BCUT2D eigenvalue weighted by Crippen LogP contribution is -2.36. The summed E-state index contributed by atoms with van der Waals surface area (Å²) in [6.07, 6.45) is -4.17. The van der Waals surface area contributed by atoms with E-state index < -0.39 is 29.1 Å². The molecule has 0 unspecified atom stereocenters. The molecule has 0 saturated carbocycles. The summed E-state index contributed by atoms with van der Waals surface area (Å²) in [6.45, 7) is 1.39. The molecular formula is C17H13Cl2F3N2O6. The second kappa shape index (κ2) is 9.26. The molecule has 0 amide bonds. The van der Waals surface area contributed by atoms with Crippen molar-refractivity contribution in [3.8, 4) is 11.4 Å². The van der Waals surface area contributed by atoms with Crippen LogP contribution in [0.3, 0.4) is 0 Å². The van der Waals surface area contributed by atoms with E-state index in [-0.39, 0.29) is 46.5 Å². The van der Waals surface area contributed by atoms with Crippen LogP contribution in [-0.4, -0.2) is 33.8 Å². The molecule has 0 fully saturated rings. The lowest BCUT2D eigenvalue weighted by atomic mass is 10.2. The summed E-state index contributed by atoms with van der Waals surface area (Å²) in [4.78, 5) is 36.6. The van der Waals surface area contributed by atoms with E-state index in [1.807, 2.05) is 0 Å². The Hall–Kier alpha value is -2.92. The lowest BCUT2D eigenvalue weighted by Gasteiger charge is -2.14. The highest BCUT2D eigenvalue weighted by molar-refractivity contribution is 6.36. The first-order valence-electron chi connectivity index (χ1n) is 8.06. The normalized spacial score (nSPS) is 12.0. The van der Waals surface area contributed by atoms with Gasteiger partial charge in [-0.1, -0.05) is 23.2 Å². The second-order valence-corrected chi connectivity index (χ2v) is 6.38. The van der Waals surface area contributed by atoms with Gasteiger partial charge in [0.25, 0.3) is 5.56 Å². The first-order valence-corrected chi connectivity index (χ1v) is 8.81. The van der Waals surface area contributed by atoms with Crippen molar-refractivity contribution < 1.29 is 32.5 Å². The third-order valence-electron chi connectivity index (χ3n) is 3.46. The van der Waals surface area contributed by atoms with Crippen molar-refractivity contribution >= 4 is 29.2 Å². The van der Waals surface area contributed by atoms with E-state index in [2.05, 4.69) is 0 Å². The average Bonchev–Trinajstić information content (AvgIpc) is 2.60. The number of alkyl halides is 3. The fourth-order valence-corrected chi connectivity index (χ4v) is 2.80. The Bertz CT molecular complexity index is 1080. The van der Waals surface area contributed by atoms with E-state index in [1.165, 1.54) is 0 Å². The summed E-state index contributed by atoms with van der Waals surface area (Å²) in [5.41, 5.74) is -4.49. The molecule has 1 aromatic heterocycles. The molecule has 1 heterocycles. The van der Waals surface area contributed by atoms with Gasteiger partial charge < -0.3 is 19.6 Å². The number of carboxylic acids is 1. The first-order chi connectivity index (χ1) is 13.9. The number of ether oxygens (including phenoxy) is 2. The van der Waals surface area contributed by atoms with Crippen LogP contribution in [-0.2, 0) is 15.7 Å². The molecule has 8 nitrogen and oxygen atoms in total. The number of aliphatic carboxylic acids is 1. The predicted octanol–water partition coefficient (Wildman–Crippen LogP) is 3.24. The highest BCUT2D eigenvalue weighted by Crippen LogP contribution is 2.33. The molecular weight excluding hydrogens is 456 g/mol. The molecule has 0 bridgehead atoms. The summed E-state index contributed by atoms with van der Waals surface area (Å²) in [6, 6.07) is 2.37. The molecule has 162 valence electrons. The second-order valence-electron chi connectivity index (χ2n) is 5.56. The van der Waals surface area contributed by atoms with Crippen LogP contribution in [0, 0.1) is 0 Å². The Morgan fingerprint density at radius 1 is 1.23 bits per heavy atom. The van der Waals surface area contributed by atoms with Gasteiger partial charge in [-0.05, 0) is 13.0 Å². The van der Waals surface area contributed by atoms with Crippen LogP contribution in [0.15, 0.2) is 39.6 Å². The van der Waals surface area contributed by atoms with E-state index in [9.17, 15) is 27.6 Å². The van der Waals surface area contributed by atoms with Gasteiger partial charge in [0.15, 0.2) is 0 Å². The van der Waals surface area contributed by atoms with Crippen LogP contribution in [0.5, 0.6) is 5.75 Å². The third-order valence-corrected chi connectivity index (χ3v) is 4.06. The topological polar surface area (TPSA) is 111 Å². The quantitative estimate of drug-likeness (QED) is 0.476. The third kappa shape index (κ3) is 5.57. The first kappa shape index (κ1) is 23.4. The van der Waals surface area contributed by atoms with Crippen molar-refractivity contribution in [1.29, 1.82) is 0 Å². The molecule has 2 rings (SSSR count). The van der Waals surface area contributed by atoms with Gasteiger partial charge in [0.05, 0.1) is 28.4 Å². The number of carboxylic acid groups (broad SMARTS) is 1. The maximum Gasteiger partial charge on any atom is 0.431 e. The Morgan fingerprint density at radius 3 is 2.43 bits per heavy atom. The smallest absolute Gasteiger partial charge is 0.431 e. The minimum Gasteiger partial charge on any atom is -0.494 e. The van der Waals surface area contributed by atoms with Crippen molar-refractivity contribution in [2.75, 3.05) is 13.2 Å². The molecule has 0 spiro atoms. The van der Waals surface area contributed by atoms with E-state index >= 15 is 0 Å². The Labute approximate surface area is 176 Å². The predicted molar refractivity (Wildman–Crippen MR) is 101 cm³/mol. The SMILES string of the molecule is CCO/C(=C/C(=O)O)COc1cc(-n2c(=O)cc(C(F)(F)F)[nH]c2=O)c(Cl)cc1Cl. The zero-order valence-corrected chi connectivity index (χ0v) is 16.6. The van der Waals surface area contributed by atoms with Crippen molar-refractivity contribution in [2.24, 2.45) is 0 Å². The molecule has 0 aliphatic rings. The maximum atomic E-state index is 12.8. The van der Waals surface area contributed by atoms with E-state index in [0.717, 1.165) is 18.2 Å². The summed E-state index contributed by atoms with van der Waals surface area (Å²) in [7, 11) is 0. The van der Waals surface area contributed by atoms with E-state index in [0.29, 0.717) is 4.57 Å².